The van der Waals surface area contributed by atoms with E-state index in [2.05, 4.69) is 15.2 Å². The predicted molar refractivity (Wildman–Crippen MR) is 84.6 cm³/mol. The first-order valence-electron chi connectivity index (χ1n) is 8.44. The lowest BCUT2D eigenvalue weighted by atomic mass is 9.91. The maximum atomic E-state index is 12.5. The molecule has 1 saturated carbocycles. The molecular weight excluding hydrogens is 328 g/mol. The molecule has 2 aromatic heterocycles. The van der Waals surface area contributed by atoms with Crippen molar-refractivity contribution in [3.63, 3.8) is 0 Å². The Morgan fingerprint density at radius 2 is 2.12 bits per heavy atom. The molecule has 3 atom stereocenters. The molecular formula is C16H18N4O3S. The number of likely N-dealkylation sites (tertiary alicyclic amines) is 1. The molecule has 2 saturated heterocycles. The van der Waals surface area contributed by atoms with Crippen LogP contribution in [0.1, 0.15) is 60.0 Å². The fourth-order valence-corrected chi connectivity index (χ4v) is 4.15. The summed E-state index contributed by atoms with van der Waals surface area (Å²) in [6, 6.07) is 0. The third-order valence-corrected chi connectivity index (χ3v) is 5.74. The first-order valence-corrected chi connectivity index (χ1v) is 9.38. The summed E-state index contributed by atoms with van der Waals surface area (Å²) >= 11 is 1.44. The minimum absolute atomic E-state index is 0.00411. The van der Waals surface area contributed by atoms with Gasteiger partial charge in [0, 0.05) is 24.4 Å². The number of nitrogens with zero attached hydrogens (tertiary/aromatic N) is 4. The van der Waals surface area contributed by atoms with Crippen LogP contribution in [0, 0.1) is 5.92 Å². The van der Waals surface area contributed by atoms with Gasteiger partial charge in [-0.15, -0.1) is 21.5 Å². The van der Waals surface area contributed by atoms with E-state index in [9.17, 15) is 4.79 Å². The van der Waals surface area contributed by atoms with Crippen molar-refractivity contribution in [1.29, 1.82) is 0 Å². The Balaban J connectivity index is 1.26. The van der Waals surface area contributed by atoms with Gasteiger partial charge in [0.1, 0.15) is 11.8 Å². The molecule has 0 aromatic carbocycles. The number of carbonyl (C=O) groups excluding carboxylic acids is 1. The molecule has 24 heavy (non-hydrogen) atoms. The van der Waals surface area contributed by atoms with Crippen LogP contribution in [0.3, 0.4) is 0 Å². The third kappa shape index (κ3) is 2.53. The minimum atomic E-state index is -0.130. The van der Waals surface area contributed by atoms with Gasteiger partial charge in [0.05, 0.1) is 11.6 Å². The summed E-state index contributed by atoms with van der Waals surface area (Å²) in [6.07, 6.45) is 4.05. The van der Waals surface area contributed by atoms with Gasteiger partial charge in [-0.3, -0.25) is 4.79 Å². The Morgan fingerprint density at radius 1 is 1.25 bits per heavy atom. The summed E-state index contributed by atoms with van der Waals surface area (Å²) in [7, 11) is 0. The second-order valence-electron chi connectivity index (χ2n) is 6.83. The van der Waals surface area contributed by atoms with Crippen LogP contribution in [0.15, 0.2) is 15.3 Å². The molecule has 1 amide bonds. The lowest BCUT2D eigenvalue weighted by Gasteiger charge is -2.33. The second-order valence-corrected chi connectivity index (χ2v) is 7.54. The van der Waals surface area contributed by atoms with E-state index in [1.807, 2.05) is 4.90 Å². The first-order chi connectivity index (χ1) is 11.8. The number of aromatic nitrogens is 3. The van der Waals surface area contributed by atoms with Gasteiger partial charge >= 0.3 is 0 Å². The van der Waals surface area contributed by atoms with Crippen molar-refractivity contribution in [2.24, 2.45) is 5.92 Å². The lowest BCUT2D eigenvalue weighted by Crippen LogP contribution is -2.45. The molecule has 3 aliphatic rings. The van der Waals surface area contributed by atoms with Gasteiger partial charge in [0.25, 0.3) is 5.91 Å². The van der Waals surface area contributed by atoms with Crippen molar-refractivity contribution in [3.8, 4) is 0 Å². The first kappa shape index (κ1) is 14.5. The number of piperidine rings is 1. The van der Waals surface area contributed by atoms with Crippen LogP contribution in [0.5, 0.6) is 0 Å². The van der Waals surface area contributed by atoms with Crippen LogP contribution >= 0.6 is 11.3 Å². The summed E-state index contributed by atoms with van der Waals surface area (Å²) in [5.41, 5.74) is 2.22. The highest BCUT2D eigenvalue weighted by Gasteiger charge is 2.43. The van der Waals surface area contributed by atoms with Crippen molar-refractivity contribution >= 4 is 17.2 Å². The summed E-state index contributed by atoms with van der Waals surface area (Å²) in [4.78, 5) is 18.4. The van der Waals surface area contributed by atoms with Crippen LogP contribution in [0.25, 0.3) is 0 Å². The van der Waals surface area contributed by atoms with Crippen LogP contribution < -0.4 is 0 Å². The summed E-state index contributed by atoms with van der Waals surface area (Å²) in [5.74, 6) is 2.26. The highest BCUT2D eigenvalue weighted by Crippen LogP contribution is 2.43. The summed E-state index contributed by atoms with van der Waals surface area (Å²) < 4.78 is 11.9. The van der Waals surface area contributed by atoms with E-state index >= 15 is 0 Å². The number of thiazole rings is 1. The Kier molecular flexibility index (Phi) is 3.41. The van der Waals surface area contributed by atoms with Gasteiger partial charge < -0.3 is 14.1 Å². The fraction of sp³-hybridized carbons (Fsp3) is 0.625. The van der Waals surface area contributed by atoms with Gasteiger partial charge in [-0.05, 0) is 31.6 Å². The number of hydrogen-bond donors (Lipinski definition) is 0. The number of hydrogen-bond acceptors (Lipinski definition) is 7. The van der Waals surface area contributed by atoms with Crippen molar-refractivity contribution in [1.82, 2.24) is 20.1 Å². The van der Waals surface area contributed by atoms with E-state index < -0.39 is 0 Å². The maximum absolute atomic E-state index is 12.5. The topological polar surface area (TPSA) is 81.4 Å². The summed E-state index contributed by atoms with van der Waals surface area (Å²) in [6.45, 7) is 1.37. The molecule has 0 N–H and O–H groups in total. The fourth-order valence-electron chi connectivity index (χ4n) is 3.63. The highest BCUT2D eigenvalue weighted by atomic mass is 32.1. The van der Waals surface area contributed by atoms with Gasteiger partial charge in [0.2, 0.25) is 11.8 Å². The molecule has 0 bridgehead atoms. The molecule has 7 nitrogen and oxygen atoms in total. The van der Waals surface area contributed by atoms with Crippen molar-refractivity contribution in [2.45, 2.75) is 43.8 Å². The SMILES string of the molecule is O=C(c1cscn1)N1CC[C@H]2C[C@H](c3nnc(C4CC4)o3)O[C@@H]2C1. The Bertz CT molecular complexity index is 742. The summed E-state index contributed by atoms with van der Waals surface area (Å²) in [5, 5.41) is 10.1. The Morgan fingerprint density at radius 3 is 2.92 bits per heavy atom. The largest absolute Gasteiger partial charge is 0.422 e. The van der Waals surface area contributed by atoms with E-state index in [4.69, 9.17) is 9.15 Å². The lowest BCUT2D eigenvalue weighted by molar-refractivity contribution is -0.0125. The number of rotatable bonds is 3. The monoisotopic (exact) mass is 346 g/mol. The van der Waals surface area contributed by atoms with E-state index in [1.54, 1.807) is 10.9 Å². The third-order valence-electron chi connectivity index (χ3n) is 5.15. The number of ether oxygens (including phenoxy) is 1. The molecule has 4 heterocycles. The Labute approximate surface area is 143 Å². The smallest absolute Gasteiger partial charge is 0.273 e. The van der Waals surface area contributed by atoms with E-state index in [1.165, 1.54) is 11.3 Å². The van der Waals surface area contributed by atoms with Gasteiger partial charge in [-0.2, -0.15) is 0 Å². The van der Waals surface area contributed by atoms with Crippen LogP contribution in [0.2, 0.25) is 0 Å². The molecule has 0 unspecified atom stereocenters. The van der Waals surface area contributed by atoms with E-state index in [0.717, 1.165) is 38.1 Å². The Hall–Kier alpha value is -1.80. The van der Waals surface area contributed by atoms with Gasteiger partial charge in [0.15, 0.2) is 0 Å². The van der Waals surface area contributed by atoms with Crippen LogP contribution in [-0.4, -0.2) is 45.2 Å². The van der Waals surface area contributed by atoms with E-state index in [0.29, 0.717) is 30.0 Å². The molecule has 1 aliphatic carbocycles. The molecule has 2 aliphatic heterocycles. The number of carbonyl (C=O) groups is 1. The van der Waals surface area contributed by atoms with Gasteiger partial charge in [-0.1, -0.05) is 0 Å². The van der Waals surface area contributed by atoms with Crippen LogP contribution in [-0.2, 0) is 4.74 Å². The number of amides is 1. The molecule has 3 fully saturated rings. The van der Waals surface area contributed by atoms with Crippen molar-refractivity contribution < 1.29 is 13.9 Å². The molecule has 0 radical (unpaired) electrons. The van der Waals surface area contributed by atoms with E-state index in [-0.39, 0.29) is 18.1 Å². The molecule has 5 rings (SSSR count). The second kappa shape index (κ2) is 5.63. The standard InChI is InChI=1S/C16H18N4O3S/c21-16(11-7-24-8-17-11)20-4-3-10-5-12(22-13(10)6-20)15-19-18-14(23-15)9-1-2-9/h7-10,12-13H,1-6H2/t10-,12+,13+/m0/s1. The molecule has 126 valence electrons. The highest BCUT2D eigenvalue weighted by molar-refractivity contribution is 7.07. The maximum Gasteiger partial charge on any atom is 0.273 e. The zero-order chi connectivity index (χ0) is 16.1. The quantitative estimate of drug-likeness (QED) is 0.849. The van der Waals surface area contributed by atoms with Crippen molar-refractivity contribution in [3.05, 3.63) is 28.4 Å². The molecule has 0 spiro atoms. The zero-order valence-electron chi connectivity index (χ0n) is 13.1. The number of fused-ring (bicyclic) bond motifs is 1. The average Bonchev–Trinajstić information content (AvgIpc) is 3.06. The normalized spacial score (nSPS) is 29.7. The van der Waals surface area contributed by atoms with Gasteiger partial charge in [-0.25, -0.2) is 4.98 Å². The molecule has 2 aromatic rings. The van der Waals surface area contributed by atoms with Crippen LogP contribution in [0.4, 0.5) is 0 Å². The minimum Gasteiger partial charge on any atom is -0.422 e. The predicted octanol–water partition coefficient (Wildman–Crippen LogP) is 2.40. The van der Waals surface area contributed by atoms with Crippen molar-refractivity contribution in [2.75, 3.05) is 13.1 Å². The molecule has 8 heteroatoms. The average molecular weight is 346 g/mol. The zero-order valence-corrected chi connectivity index (χ0v) is 13.9.